The minimum absolute atomic E-state index is 0.124. The molecule has 1 aliphatic rings. The van der Waals surface area contributed by atoms with Crippen LogP contribution in [-0.2, 0) is 14.4 Å². The smallest absolute Gasteiger partial charge is 0.243 e. The van der Waals surface area contributed by atoms with Gasteiger partial charge in [0, 0.05) is 16.6 Å². The van der Waals surface area contributed by atoms with Gasteiger partial charge < -0.3 is 16.0 Å². The maximum absolute atomic E-state index is 11.8. The van der Waals surface area contributed by atoms with Crippen LogP contribution in [0.3, 0.4) is 0 Å². The number of benzene rings is 1. The summed E-state index contributed by atoms with van der Waals surface area (Å²) in [5.41, 5.74) is 1.62. The van der Waals surface area contributed by atoms with Crippen LogP contribution in [0.2, 0.25) is 0 Å². The van der Waals surface area contributed by atoms with E-state index in [1.165, 1.54) is 0 Å². The number of halogens is 1. The minimum Gasteiger partial charge on any atom is -0.345 e. The zero-order valence-electron chi connectivity index (χ0n) is 11.5. The predicted octanol–water partition coefficient (Wildman–Crippen LogP) is 1.09. The highest BCUT2D eigenvalue weighted by Gasteiger charge is 2.27. The van der Waals surface area contributed by atoms with Crippen molar-refractivity contribution in [3.63, 3.8) is 0 Å². The molecule has 0 saturated carbocycles. The Hall–Kier alpha value is -1.89. The van der Waals surface area contributed by atoms with Crippen molar-refractivity contribution in [3.05, 3.63) is 28.2 Å². The minimum atomic E-state index is -0.528. The van der Waals surface area contributed by atoms with Gasteiger partial charge in [0.25, 0.3) is 0 Å². The summed E-state index contributed by atoms with van der Waals surface area (Å²) < 4.78 is 0.934. The van der Waals surface area contributed by atoms with Gasteiger partial charge in [-0.3, -0.25) is 14.4 Å². The van der Waals surface area contributed by atoms with Crippen LogP contribution < -0.4 is 16.0 Å². The van der Waals surface area contributed by atoms with Gasteiger partial charge in [0.05, 0.1) is 6.54 Å². The molecule has 0 aromatic heterocycles. The SMILES string of the molecule is Cc1cc(Br)ccc1NC(=O)CNC(=O)[C@H]1CCC(=O)N1. The third-order valence-corrected chi connectivity index (χ3v) is 3.69. The van der Waals surface area contributed by atoms with Crippen molar-refractivity contribution in [1.82, 2.24) is 10.6 Å². The summed E-state index contributed by atoms with van der Waals surface area (Å²) in [4.78, 5) is 34.6. The molecule has 7 heteroatoms. The van der Waals surface area contributed by atoms with Crippen molar-refractivity contribution in [3.8, 4) is 0 Å². The lowest BCUT2D eigenvalue weighted by atomic mass is 10.2. The molecule has 6 nitrogen and oxygen atoms in total. The maximum atomic E-state index is 11.8. The standard InChI is InChI=1S/C14H16BrN3O3/c1-8-6-9(15)2-3-10(8)17-13(20)7-16-14(21)11-4-5-12(19)18-11/h2-3,6,11H,4-5,7H2,1H3,(H,16,21)(H,17,20)(H,18,19)/t11-/m1/s1. The maximum Gasteiger partial charge on any atom is 0.243 e. The second-order valence-corrected chi connectivity index (χ2v) is 5.80. The third kappa shape index (κ3) is 4.29. The number of carbonyl (C=O) groups excluding carboxylic acids is 3. The highest BCUT2D eigenvalue weighted by atomic mass is 79.9. The first-order chi connectivity index (χ1) is 9.95. The molecule has 112 valence electrons. The lowest BCUT2D eigenvalue weighted by molar-refractivity contribution is -0.127. The summed E-state index contributed by atoms with van der Waals surface area (Å²) in [7, 11) is 0. The molecule has 1 aromatic rings. The summed E-state index contributed by atoms with van der Waals surface area (Å²) in [6.45, 7) is 1.76. The Kier molecular flexibility index (Phi) is 4.95. The van der Waals surface area contributed by atoms with E-state index in [9.17, 15) is 14.4 Å². The molecule has 1 aromatic carbocycles. The van der Waals surface area contributed by atoms with Crippen LogP contribution in [0.5, 0.6) is 0 Å². The summed E-state index contributed by atoms with van der Waals surface area (Å²) in [5, 5.41) is 7.81. The molecule has 0 spiro atoms. The van der Waals surface area contributed by atoms with Gasteiger partial charge in [-0.25, -0.2) is 0 Å². The quantitative estimate of drug-likeness (QED) is 0.757. The summed E-state index contributed by atoms with van der Waals surface area (Å²) >= 11 is 3.35. The van der Waals surface area contributed by atoms with E-state index < -0.39 is 6.04 Å². The molecule has 0 radical (unpaired) electrons. The van der Waals surface area contributed by atoms with Gasteiger partial charge in [-0.2, -0.15) is 0 Å². The lowest BCUT2D eigenvalue weighted by Gasteiger charge is -2.12. The molecule has 1 aliphatic heterocycles. The summed E-state index contributed by atoms with van der Waals surface area (Å²) in [5.74, 6) is -0.772. The number of carbonyl (C=O) groups is 3. The van der Waals surface area contributed by atoms with Crippen LogP contribution in [0.25, 0.3) is 0 Å². The molecule has 1 saturated heterocycles. The Morgan fingerprint density at radius 2 is 2.19 bits per heavy atom. The van der Waals surface area contributed by atoms with E-state index in [-0.39, 0.29) is 24.3 Å². The van der Waals surface area contributed by atoms with Crippen molar-refractivity contribution in [2.75, 3.05) is 11.9 Å². The summed E-state index contributed by atoms with van der Waals surface area (Å²) in [6.07, 6.45) is 0.820. The first-order valence-electron chi connectivity index (χ1n) is 6.59. The molecule has 21 heavy (non-hydrogen) atoms. The van der Waals surface area contributed by atoms with Crippen LogP contribution >= 0.6 is 15.9 Å². The third-order valence-electron chi connectivity index (χ3n) is 3.20. The average molecular weight is 354 g/mol. The first kappa shape index (κ1) is 15.5. The van der Waals surface area contributed by atoms with E-state index in [0.29, 0.717) is 18.5 Å². The average Bonchev–Trinajstić information content (AvgIpc) is 2.86. The number of rotatable bonds is 4. The fraction of sp³-hybridized carbons (Fsp3) is 0.357. The van der Waals surface area contributed by atoms with Gasteiger partial charge in [-0.1, -0.05) is 15.9 Å². The molecule has 1 fully saturated rings. The van der Waals surface area contributed by atoms with Crippen LogP contribution in [0.4, 0.5) is 5.69 Å². The lowest BCUT2D eigenvalue weighted by Crippen LogP contribution is -2.44. The number of nitrogens with one attached hydrogen (secondary N) is 3. The number of aryl methyl sites for hydroxylation is 1. The van der Waals surface area contributed by atoms with E-state index >= 15 is 0 Å². The zero-order valence-corrected chi connectivity index (χ0v) is 13.1. The molecule has 0 aliphatic carbocycles. The number of anilines is 1. The van der Waals surface area contributed by atoms with Gasteiger partial charge in [0.15, 0.2) is 0 Å². The van der Waals surface area contributed by atoms with Crippen LogP contribution in [0.15, 0.2) is 22.7 Å². The van der Waals surface area contributed by atoms with Gasteiger partial charge in [0.1, 0.15) is 6.04 Å². The Bertz CT molecular complexity index is 589. The van der Waals surface area contributed by atoms with Gasteiger partial charge in [-0.15, -0.1) is 0 Å². The normalized spacial score (nSPS) is 17.2. The number of amides is 3. The molecule has 3 N–H and O–H groups in total. The van der Waals surface area contributed by atoms with E-state index in [1.54, 1.807) is 6.07 Å². The van der Waals surface area contributed by atoms with E-state index in [4.69, 9.17) is 0 Å². The molecule has 0 unspecified atom stereocenters. The first-order valence-corrected chi connectivity index (χ1v) is 7.38. The van der Waals surface area contributed by atoms with Gasteiger partial charge >= 0.3 is 0 Å². The second-order valence-electron chi connectivity index (χ2n) is 4.88. The number of hydrogen-bond donors (Lipinski definition) is 3. The molecular formula is C14H16BrN3O3. The molecule has 2 rings (SSSR count). The highest BCUT2D eigenvalue weighted by Crippen LogP contribution is 2.19. The Balaban J connectivity index is 1.82. The van der Waals surface area contributed by atoms with Crippen molar-refractivity contribution >= 4 is 39.3 Å². The van der Waals surface area contributed by atoms with Crippen LogP contribution in [-0.4, -0.2) is 30.3 Å². The zero-order chi connectivity index (χ0) is 15.4. The molecular weight excluding hydrogens is 338 g/mol. The fourth-order valence-corrected chi connectivity index (χ4v) is 2.54. The molecule has 1 heterocycles. The topological polar surface area (TPSA) is 87.3 Å². The fourth-order valence-electron chi connectivity index (χ4n) is 2.06. The molecule has 3 amide bonds. The highest BCUT2D eigenvalue weighted by molar-refractivity contribution is 9.10. The van der Waals surface area contributed by atoms with E-state index in [0.717, 1.165) is 10.0 Å². The summed E-state index contributed by atoms with van der Waals surface area (Å²) in [6, 6.07) is 4.98. The van der Waals surface area contributed by atoms with Crippen molar-refractivity contribution < 1.29 is 14.4 Å². The largest absolute Gasteiger partial charge is 0.345 e. The molecule has 1 atom stereocenters. The Morgan fingerprint density at radius 1 is 1.43 bits per heavy atom. The van der Waals surface area contributed by atoms with Crippen molar-refractivity contribution in [2.45, 2.75) is 25.8 Å². The van der Waals surface area contributed by atoms with Gasteiger partial charge in [-0.05, 0) is 37.1 Å². The van der Waals surface area contributed by atoms with Crippen LogP contribution in [0, 0.1) is 6.92 Å². The van der Waals surface area contributed by atoms with Gasteiger partial charge in [0.2, 0.25) is 17.7 Å². The van der Waals surface area contributed by atoms with E-state index in [1.807, 2.05) is 19.1 Å². The van der Waals surface area contributed by atoms with Crippen LogP contribution in [0.1, 0.15) is 18.4 Å². The predicted molar refractivity (Wildman–Crippen MR) is 81.7 cm³/mol. The Labute approximate surface area is 130 Å². The molecule has 0 bridgehead atoms. The number of hydrogen-bond acceptors (Lipinski definition) is 3. The van der Waals surface area contributed by atoms with E-state index in [2.05, 4.69) is 31.9 Å². The van der Waals surface area contributed by atoms with Crippen molar-refractivity contribution in [1.29, 1.82) is 0 Å². The second kappa shape index (κ2) is 6.71. The Morgan fingerprint density at radius 3 is 2.81 bits per heavy atom. The van der Waals surface area contributed by atoms with Crippen molar-refractivity contribution in [2.24, 2.45) is 0 Å². The monoisotopic (exact) mass is 353 g/mol.